The molecule has 5 saturated carbocycles. The van der Waals surface area contributed by atoms with Crippen LogP contribution in [-0.2, 0) is 20.4 Å². The summed E-state index contributed by atoms with van der Waals surface area (Å²) in [6, 6.07) is 16.9. The average Bonchev–Trinajstić information content (AvgIpc) is 3.51. The number of benzene rings is 2. The molecule has 10 bridgehead atoms. The maximum absolute atomic E-state index is 14.6. The van der Waals surface area contributed by atoms with E-state index in [-0.39, 0.29) is 57.7 Å². The van der Waals surface area contributed by atoms with Crippen LogP contribution < -0.4 is 0 Å². The van der Waals surface area contributed by atoms with E-state index in [0.29, 0.717) is 0 Å². The predicted molar refractivity (Wildman–Crippen MR) is 115 cm³/mol. The topological polar surface area (TPSA) is 77.3 Å². The molecule has 0 saturated heterocycles. The van der Waals surface area contributed by atoms with Gasteiger partial charge >= 0.3 is 0 Å². The molecular weight excluding hydrogens is 402 g/mol. The van der Waals surface area contributed by atoms with Gasteiger partial charge in [-0.3, -0.25) is 19.7 Å². The smallest absolute Gasteiger partial charge is 0.269 e. The standard InChI is InChI=1S/C27H21NO4/c1-25-12-26(13-5-3-2-4-6-13)20-17-11-16(18(20)25)19-23(29)21(25)22(26)24(30)27(17,19)14-7-9-15(10-8-14)28(31)32/h2-10,16-17,19,21-22H,11-12H2,1H3/t16-,17+,19-,21+,22+,25+,26+,27-/m0/s1. The monoisotopic (exact) mass is 423 g/mol. The lowest BCUT2D eigenvalue weighted by Gasteiger charge is -2.63. The lowest BCUT2D eigenvalue weighted by molar-refractivity contribution is -0.384. The first-order valence-electron chi connectivity index (χ1n) is 11.5. The van der Waals surface area contributed by atoms with E-state index in [1.807, 2.05) is 18.2 Å². The van der Waals surface area contributed by atoms with Crippen LogP contribution in [-0.4, -0.2) is 16.5 Å². The molecule has 5 heteroatoms. The summed E-state index contributed by atoms with van der Waals surface area (Å²) in [5, 5.41) is 11.2. The van der Waals surface area contributed by atoms with Crippen molar-refractivity contribution in [1.29, 1.82) is 0 Å². The first-order valence-corrected chi connectivity index (χ1v) is 11.5. The van der Waals surface area contributed by atoms with Crippen LogP contribution in [0.2, 0.25) is 0 Å². The molecule has 2 aromatic carbocycles. The fraction of sp³-hybridized carbons (Fsp3) is 0.407. The molecule has 9 aliphatic rings. The molecule has 9 aliphatic carbocycles. The molecule has 0 spiro atoms. The second-order valence-corrected chi connectivity index (χ2v) is 11.0. The van der Waals surface area contributed by atoms with Crippen LogP contribution in [0, 0.1) is 45.1 Å². The number of rotatable bonds is 3. The maximum atomic E-state index is 14.6. The summed E-state index contributed by atoms with van der Waals surface area (Å²) in [6.45, 7) is 2.25. The molecule has 0 amide bonds. The van der Waals surface area contributed by atoms with Crippen molar-refractivity contribution in [2.45, 2.75) is 30.6 Å². The van der Waals surface area contributed by atoms with Gasteiger partial charge in [0.05, 0.1) is 10.3 Å². The van der Waals surface area contributed by atoms with E-state index in [9.17, 15) is 19.7 Å². The van der Waals surface area contributed by atoms with Gasteiger partial charge in [0.25, 0.3) is 5.69 Å². The van der Waals surface area contributed by atoms with Crippen LogP contribution in [0.25, 0.3) is 0 Å². The molecule has 2 aromatic rings. The van der Waals surface area contributed by atoms with Crippen LogP contribution in [0.15, 0.2) is 65.7 Å². The third-order valence-corrected chi connectivity index (χ3v) is 10.4. The number of allylic oxidation sites excluding steroid dienone is 2. The number of carbonyl (C=O) groups excluding carboxylic acids is 2. The lowest BCUT2D eigenvalue weighted by atomic mass is 9.37. The first kappa shape index (κ1) is 17.5. The Labute approximate surface area is 184 Å². The van der Waals surface area contributed by atoms with Crippen molar-refractivity contribution in [3.63, 3.8) is 0 Å². The molecule has 0 aromatic heterocycles. The summed E-state index contributed by atoms with van der Waals surface area (Å²) >= 11 is 0. The van der Waals surface area contributed by atoms with Gasteiger partial charge in [0.15, 0.2) is 0 Å². The van der Waals surface area contributed by atoms with Crippen molar-refractivity contribution < 1.29 is 14.5 Å². The fourth-order valence-electron chi connectivity index (χ4n) is 9.99. The highest BCUT2D eigenvalue weighted by molar-refractivity contribution is 6.13. The normalized spacial score (nSPS) is 45.7. The Bertz CT molecular complexity index is 1340. The van der Waals surface area contributed by atoms with Crippen LogP contribution in [0.1, 0.15) is 30.9 Å². The van der Waals surface area contributed by atoms with E-state index in [2.05, 4.69) is 19.1 Å². The number of hydrogen-bond donors (Lipinski definition) is 0. The fourth-order valence-corrected chi connectivity index (χ4v) is 9.99. The zero-order chi connectivity index (χ0) is 21.8. The molecule has 0 radical (unpaired) electrons. The number of hydrogen-bond acceptors (Lipinski definition) is 4. The SMILES string of the molecule is C[C@@]12C[C@@]3(c4ccccc4)C4=C1[C@@H]1C[C@H]4[C@]4(c5ccc([N+](=O)[O-])cc5)C(=O)[C@H]3[C@@H]2C(=O)[C@H]14. The highest BCUT2D eigenvalue weighted by atomic mass is 16.6. The quantitative estimate of drug-likeness (QED) is 0.422. The minimum absolute atomic E-state index is 0.0185. The maximum Gasteiger partial charge on any atom is 0.269 e. The third-order valence-electron chi connectivity index (χ3n) is 10.4. The van der Waals surface area contributed by atoms with Crippen LogP contribution in [0.3, 0.4) is 0 Å². The van der Waals surface area contributed by atoms with E-state index >= 15 is 0 Å². The first-order chi connectivity index (χ1) is 15.4. The summed E-state index contributed by atoms with van der Waals surface area (Å²) in [6.07, 6.45) is 1.74. The number of non-ortho nitro benzene ring substituents is 1. The van der Waals surface area contributed by atoms with Gasteiger partial charge in [0, 0.05) is 40.7 Å². The van der Waals surface area contributed by atoms with Gasteiger partial charge in [-0.15, -0.1) is 0 Å². The van der Waals surface area contributed by atoms with Crippen molar-refractivity contribution in [3.05, 3.63) is 87.0 Å². The van der Waals surface area contributed by atoms with Gasteiger partial charge in [-0.25, -0.2) is 0 Å². The Hall–Kier alpha value is -3.08. The third kappa shape index (κ3) is 1.37. The molecule has 8 atom stereocenters. The zero-order valence-electron chi connectivity index (χ0n) is 17.6. The van der Waals surface area contributed by atoms with Gasteiger partial charge in [0.2, 0.25) is 0 Å². The number of ketones is 2. The van der Waals surface area contributed by atoms with Gasteiger partial charge in [-0.2, -0.15) is 0 Å². The van der Waals surface area contributed by atoms with E-state index < -0.39 is 10.3 Å². The molecule has 0 aliphatic heterocycles. The van der Waals surface area contributed by atoms with Crippen molar-refractivity contribution in [1.82, 2.24) is 0 Å². The van der Waals surface area contributed by atoms with E-state index in [1.54, 1.807) is 12.1 Å². The Morgan fingerprint density at radius 2 is 1.62 bits per heavy atom. The summed E-state index contributed by atoms with van der Waals surface area (Å²) in [7, 11) is 0. The Morgan fingerprint density at radius 3 is 2.31 bits per heavy atom. The van der Waals surface area contributed by atoms with E-state index in [1.165, 1.54) is 28.8 Å². The predicted octanol–water partition coefficient (Wildman–Crippen LogP) is 4.15. The number of nitrogens with zero attached hydrogens (tertiary/aromatic N) is 1. The van der Waals surface area contributed by atoms with Gasteiger partial charge in [-0.05, 0) is 35.8 Å². The second kappa shape index (κ2) is 4.80. The number of carbonyl (C=O) groups is 2. The lowest BCUT2D eigenvalue weighted by Crippen LogP contribution is -2.70. The molecule has 32 heavy (non-hydrogen) atoms. The number of Topliss-reactive ketones (excluding diaryl/α,β-unsaturated/α-hetero) is 2. The highest BCUT2D eigenvalue weighted by Gasteiger charge is 2.89. The minimum atomic E-state index is -0.833. The average molecular weight is 423 g/mol. The minimum Gasteiger partial charge on any atom is -0.299 e. The van der Waals surface area contributed by atoms with Crippen molar-refractivity contribution >= 4 is 17.3 Å². The number of nitro groups is 1. The molecule has 5 nitrogen and oxygen atoms in total. The Balaban J connectivity index is 1.44. The van der Waals surface area contributed by atoms with Crippen LogP contribution in [0.4, 0.5) is 5.69 Å². The molecular formula is C27H21NO4. The van der Waals surface area contributed by atoms with E-state index in [0.717, 1.165) is 18.4 Å². The van der Waals surface area contributed by atoms with Gasteiger partial charge in [0.1, 0.15) is 11.6 Å². The zero-order valence-corrected chi connectivity index (χ0v) is 17.6. The summed E-state index contributed by atoms with van der Waals surface area (Å²) in [5.74, 6) is -0.142. The van der Waals surface area contributed by atoms with Crippen LogP contribution in [0.5, 0.6) is 0 Å². The second-order valence-electron chi connectivity index (χ2n) is 11.0. The Kier molecular flexibility index (Phi) is 2.62. The molecule has 0 N–H and O–H groups in total. The highest BCUT2D eigenvalue weighted by Crippen LogP contribution is 2.87. The van der Waals surface area contributed by atoms with Crippen molar-refractivity contribution in [3.8, 4) is 0 Å². The molecule has 0 heterocycles. The molecule has 0 unspecified atom stereocenters. The summed E-state index contributed by atoms with van der Waals surface area (Å²) in [4.78, 5) is 39.5. The van der Waals surface area contributed by atoms with Crippen LogP contribution >= 0.6 is 0 Å². The largest absolute Gasteiger partial charge is 0.299 e. The molecule has 158 valence electrons. The number of nitro benzene ring substituents is 1. The van der Waals surface area contributed by atoms with Crippen molar-refractivity contribution in [2.75, 3.05) is 0 Å². The van der Waals surface area contributed by atoms with Gasteiger partial charge in [-0.1, -0.05) is 60.5 Å². The Morgan fingerprint density at radius 1 is 0.906 bits per heavy atom. The molecule has 11 rings (SSSR count). The summed E-state index contributed by atoms with van der Waals surface area (Å²) < 4.78 is 0. The van der Waals surface area contributed by atoms with Gasteiger partial charge < -0.3 is 0 Å². The molecule has 5 fully saturated rings. The van der Waals surface area contributed by atoms with Crippen molar-refractivity contribution in [2.24, 2.45) is 35.0 Å². The van der Waals surface area contributed by atoms with E-state index in [4.69, 9.17) is 0 Å². The summed E-state index contributed by atoms with van der Waals surface area (Å²) in [5.41, 5.74) is 3.60.